The topological polar surface area (TPSA) is 94.1 Å². The van der Waals surface area contributed by atoms with Crippen LogP contribution in [0, 0.1) is 0 Å². The highest BCUT2D eigenvalue weighted by Crippen LogP contribution is 2.42. The monoisotopic (exact) mass is 540 g/mol. The second kappa shape index (κ2) is 10.1. The van der Waals surface area contributed by atoms with Gasteiger partial charge in [-0.2, -0.15) is 8.78 Å². The molecule has 4 rings (SSSR count). The highest BCUT2D eigenvalue weighted by molar-refractivity contribution is 7.22. The summed E-state index contributed by atoms with van der Waals surface area (Å²) in [6.07, 6.45) is -2.89. The molecular formula is C23H26F2N4O5S2. The molecule has 36 heavy (non-hydrogen) atoms. The molecule has 0 atom stereocenters. The largest absolute Gasteiger partial charge is 0.502 e. The minimum atomic E-state index is -4.16. The third-order valence-corrected chi connectivity index (χ3v) is 7.05. The van der Waals surface area contributed by atoms with Crippen molar-refractivity contribution in [2.45, 2.75) is 39.4 Å². The summed E-state index contributed by atoms with van der Waals surface area (Å²) in [7, 11) is 0. The number of hydrogen-bond acceptors (Lipinski definition) is 10. The molecule has 3 aromatic rings. The lowest BCUT2D eigenvalue weighted by atomic mass is 10.2. The Kier molecular flexibility index (Phi) is 7.32. The second-order valence-corrected chi connectivity index (χ2v) is 10.8. The van der Waals surface area contributed by atoms with Gasteiger partial charge in [-0.3, -0.25) is 0 Å². The Morgan fingerprint density at radius 3 is 2.47 bits per heavy atom. The van der Waals surface area contributed by atoms with Crippen molar-refractivity contribution in [3.63, 3.8) is 0 Å². The van der Waals surface area contributed by atoms with Gasteiger partial charge in [-0.25, -0.2) is 19.6 Å². The number of nitrogens with zero attached hydrogens (tertiary/aromatic N) is 4. The van der Waals surface area contributed by atoms with Gasteiger partial charge in [0.1, 0.15) is 16.4 Å². The van der Waals surface area contributed by atoms with Gasteiger partial charge < -0.3 is 24.0 Å². The maximum atomic E-state index is 14.4. The molecule has 1 aromatic carbocycles. The molecule has 3 heterocycles. The number of fused-ring (bicyclic) bond motifs is 1. The van der Waals surface area contributed by atoms with Crippen molar-refractivity contribution in [2.75, 3.05) is 37.7 Å². The number of alkyl halides is 2. The van der Waals surface area contributed by atoms with Gasteiger partial charge in [0.25, 0.3) is 0 Å². The first-order valence-electron chi connectivity index (χ1n) is 11.3. The Balaban J connectivity index is 1.62. The molecule has 0 N–H and O–H groups in total. The average Bonchev–Trinajstić information content (AvgIpc) is 3.49. The van der Waals surface area contributed by atoms with Crippen LogP contribution in [0.15, 0.2) is 23.7 Å². The van der Waals surface area contributed by atoms with Gasteiger partial charge in [0.05, 0.1) is 16.8 Å². The van der Waals surface area contributed by atoms with E-state index in [1.165, 1.54) is 35.7 Å². The van der Waals surface area contributed by atoms with E-state index >= 15 is 0 Å². The summed E-state index contributed by atoms with van der Waals surface area (Å²) in [5.41, 5.74) is 0.522. The fourth-order valence-electron chi connectivity index (χ4n) is 3.52. The maximum Gasteiger partial charge on any atom is 0.502 e. The van der Waals surface area contributed by atoms with Crippen molar-refractivity contribution in [3.05, 3.63) is 23.7 Å². The summed E-state index contributed by atoms with van der Waals surface area (Å²) in [6.45, 7) is 8.50. The smallest absolute Gasteiger partial charge is 0.459 e. The van der Waals surface area contributed by atoms with Gasteiger partial charge >= 0.3 is 18.2 Å². The highest BCUT2D eigenvalue weighted by Gasteiger charge is 2.45. The van der Waals surface area contributed by atoms with Crippen LogP contribution < -0.4 is 9.64 Å². The minimum absolute atomic E-state index is 0.181. The molecular weight excluding hydrogens is 514 g/mol. The Bertz CT molecular complexity index is 1240. The molecule has 0 bridgehead atoms. The van der Waals surface area contributed by atoms with Crippen molar-refractivity contribution in [1.82, 2.24) is 14.9 Å². The lowest BCUT2D eigenvalue weighted by Gasteiger charge is -2.35. The van der Waals surface area contributed by atoms with E-state index in [1.807, 2.05) is 31.1 Å². The number of ether oxygens (including phenoxy) is 3. The van der Waals surface area contributed by atoms with Gasteiger partial charge in [0.15, 0.2) is 5.13 Å². The Hall–Kier alpha value is -3.06. The second-order valence-electron chi connectivity index (χ2n) is 8.92. The van der Waals surface area contributed by atoms with Gasteiger partial charge in [-0.15, -0.1) is 11.3 Å². The highest BCUT2D eigenvalue weighted by atomic mass is 32.1. The van der Waals surface area contributed by atoms with Crippen molar-refractivity contribution in [1.29, 1.82) is 0 Å². The van der Waals surface area contributed by atoms with E-state index < -0.39 is 17.7 Å². The molecule has 0 radical (unpaired) electrons. The molecule has 13 heteroatoms. The van der Waals surface area contributed by atoms with E-state index in [9.17, 15) is 18.4 Å². The number of carbonyl (C=O) groups excluding carboxylic acids is 2. The first kappa shape index (κ1) is 26.0. The molecule has 1 aliphatic heterocycles. The molecule has 1 aliphatic rings. The number of benzene rings is 1. The number of rotatable bonds is 6. The zero-order valence-electron chi connectivity index (χ0n) is 20.2. The molecule has 1 amide bonds. The van der Waals surface area contributed by atoms with Crippen LogP contribution >= 0.6 is 22.7 Å². The Labute approximate surface area is 214 Å². The third kappa shape index (κ3) is 5.67. The number of carbonyl (C=O) groups is 2. The molecule has 0 spiro atoms. The summed E-state index contributed by atoms with van der Waals surface area (Å²) < 4.78 is 43.9. The summed E-state index contributed by atoms with van der Waals surface area (Å²) in [5, 5.41) is 3.07. The van der Waals surface area contributed by atoms with Crippen molar-refractivity contribution >= 4 is 50.1 Å². The fourth-order valence-corrected chi connectivity index (χ4v) is 5.28. The molecule has 9 nitrogen and oxygen atoms in total. The number of esters is 1. The normalized spacial score (nSPS) is 14.7. The van der Waals surface area contributed by atoms with Crippen LogP contribution in [0.2, 0.25) is 0 Å². The molecule has 0 saturated carbocycles. The van der Waals surface area contributed by atoms with E-state index in [2.05, 4.69) is 9.72 Å². The first-order chi connectivity index (χ1) is 17.0. The van der Waals surface area contributed by atoms with Crippen LogP contribution in [0.1, 0.15) is 27.7 Å². The molecule has 0 unspecified atom stereocenters. The van der Waals surface area contributed by atoms with Crippen molar-refractivity contribution < 1.29 is 32.6 Å². The van der Waals surface area contributed by atoms with Crippen LogP contribution in [0.25, 0.3) is 20.8 Å². The van der Waals surface area contributed by atoms with Gasteiger partial charge in [-0.05, 0) is 39.8 Å². The van der Waals surface area contributed by atoms with Crippen LogP contribution in [-0.2, 0) is 14.3 Å². The molecule has 194 valence electrons. The summed E-state index contributed by atoms with van der Waals surface area (Å²) in [5.74, 6) is -1.94. The van der Waals surface area contributed by atoms with E-state index in [0.717, 1.165) is 0 Å². The molecule has 2 aromatic heterocycles. The van der Waals surface area contributed by atoms with Gasteiger partial charge in [-0.1, -0.05) is 11.3 Å². The fraction of sp³-hybridized carbons (Fsp3) is 0.478. The predicted octanol–water partition coefficient (Wildman–Crippen LogP) is 5.01. The van der Waals surface area contributed by atoms with E-state index in [4.69, 9.17) is 14.5 Å². The number of halogens is 2. The van der Waals surface area contributed by atoms with Gasteiger partial charge in [0.2, 0.25) is 0 Å². The number of amides is 1. The summed E-state index contributed by atoms with van der Waals surface area (Å²) in [6, 6.07) is 2.98. The van der Waals surface area contributed by atoms with Crippen LogP contribution in [0.4, 0.5) is 18.7 Å². The minimum Gasteiger partial charge on any atom is -0.459 e. The number of piperazine rings is 1. The standard InChI is InChI=1S/C23H26F2N4O5S2/c1-5-32-19(30)23(24,25)33-15-7-6-14(18-26-8-13-35-18)16-17(15)36-20(27-16)28-9-11-29(12-10-28)21(31)34-22(2,3)4/h6-8,13H,5,9-12H2,1-4H3. The zero-order valence-corrected chi connectivity index (χ0v) is 21.9. The van der Waals surface area contributed by atoms with Crippen LogP contribution in [0.5, 0.6) is 5.75 Å². The molecule has 0 aliphatic carbocycles. The van der Waals surface area contributed by atoms with E-state index in [0.29, 0.717) is 52.1 Å². The van der Waals surface area contributed by atoms with Crippen LogP contribution in [0.3, 0.4) is 0 Å². The Morgan fingerprint density at radius 2 is 1.86 bits per heavy atom. The molecule has 1 fully saturated rings. The number of aromatic nitrogens is 2. The van der Waals surface area contributed by atoms with Crippen molar-refractivity contribution in [2.24, 2.45) is 0 Å². The number of hydrogen-bond donors (Lipinski definition) is 0. The van der Waals surface area contributed by atoms with Crippen LogP contribution in [-0.4, -0.2) is 71.4 Å². The first-order valence-corrected chi connectivity index (χ1v) is 13.0. The third-order valence-electron chi connectivity index (χ3n) is 5.11. The van der Waals surface area contributed by atoms with Gasteiger partial charge in [0, 0.05) is 43.3 Å². The molecule has 1 saturated heterocycles. The Morgan fingerprint density at radius 1 is 1.14 bits per heavy atom. The SMILES string of the molecule is CCOC(=O)C(F)(F)Oc1ccc(-c2nccs2)c2nc(N3CCN(C(=O)OC(C)(C)C)CC3)sc12. The maximum absolute atomic E-state index is 14.4. The predicted molar refractivity (Wildman–Crippen MR) is 133 cm³/mol. The zero-order chi connectivity index (χ0) is 26.1. The number of anilines is 1. The summed E-state index contributed by atoms with van der Waals surface area (Å²) in [4.78, 5) is 36.8. The average molecular weight is 541 g/mol. The lowest BCUT2D eigenvalue weighted by Crippen LogP contribution is -2.50. The lowest BCUT2D eigenvalue weighted by molar-refractivity contribution is -0.216. The number of thiazole rings is 2. The summed E-state index contributed by atoms with van der Waals surface area (Å²) >= 11 is 2.57. The van der Waals surface area contributed by atoms with E-state index in [1.54, 1.807) is 17.2 Å². The van der Waals surface area contributed by atoms with E-state index in [-0.39, 0.29) is 18.4 Å². The van der Waals surface area contributed by atoms with Crippen molar-refractivity contribution in [3.8, 4) is 16.3 Å². The quantitative estimate of drug-likeness (QED) is 0.403.